The van der Waals surface area contributed by atoms with Gasteiger partial charge in [-0.25, -0.2) is 4.79 Å². The number of oxime groups is 1. The molecule has 0 radical (unpaired) electrons. The van der Waals surface area contributed by atoms with E-state index in [4.69, 9.17) is 4.84 Å². The first-order chi connectivity index (χ1) is 20.8. The second kappa shape index (κ2) is 13.7. The van der Waals surface area contributed by atoms with Gasteiger partial charge in [-0.3, -0.25) is 4.79 Å². The van der Waals surface area contributed by atoms with Crippen molar-refractivity contribution in [1.29, 1.82) is 0 Å². The van der Waals surface area contributed by atoms with Crippen LogP contribution >= 0.6 is 11.3 Å². The first kappa shape index (κ1) is 32.9. The standard InChI is InChI=1S/C38H44N2O3S/c1-9-10-11-33(39-43-26(2)41)36(42)35-25-24-34(44-35)27-12-18-30(19-13-27)40(31-20-14-28(15-21-31)37(3,4)5)32-22-16-29(17-23-32)38(6,7)8/h12-25H,9-11H2,1-8H3/b39-33+. The largest absolute Gasteiger partial charge is 0.331 e. The first-order valence-electron chi connectivity index (χ1n) is 15.3. The van der Waals surface area contributed by atoms with Crippen molar-refractivity contribution in [3.8, 4) is 10.4 Å². The Morgan fingerprint density at radius 3 is 1.64 bits per heavy atom. The molecule has 230 valence electrons. The van der Waals surface area contributed by atoms with E-state index in [1.54, 1.807) is 0 Å². The molecule has 0 fully saturated rings. The van der Waals surface area contributed by atoms with Gasteiger partial charge in [0.05, 0.1) is 4.88 Å². The number of carbonyl (C=O) groups is 2. The average molecular weight is 609 g/mol. The van der Waals surface area contributed by atoms with Gasteiger partial charge in [0.15, 0.2) is 0 Å². The van der Waals surface area contributed by atoms with Crippen LogP contribution in [0.25, 0.3) is 10.4 Å². The van der Waals surface area contributed by atoms with Gasteiger partial charge in [-0.05, 0) is 88.9 Å². The molecular formula is C38H44N2O3S. The monoisotopic (exact) mass is 608 g/mol. The summed E-state index contributed by atoms with van der Waals surface area (Å²) in [6.45, 7) is 16.7. The fourth-order valence-corrected chi connectivity index (χ4v) is 5.84. The van der Waals surface area contributed by atoms with Crippen LogP contribution in [0.3, 0.4) is 0 Å². The second-order valence-electron chi connectivity index (χ2n) is 13.2. The molecule has 44 heavy (non-hydrogen) atoms. The lowest BCUT2D eigenvalue weighted by Gasteiger charge is -2.28. The van der Waals surface area contributed by atoms with E-state index in [2.05, 4.69) is 124 Å². The number of unbranched alkanes of at least 4 members (excludes halogenated alkanes) is 1. The molecule has 0 aliphatic rings. The van der Waals surface area contributed by atoms with Crippen LogP contribution in [0, 0.1) is 0 Å². The summed E-state index contributed by atoms with van der Waals surface area (Å²) >= 11 is 1.42. The normalized spacial score (nSPS) is 12.2. The van der Waals surface area contributed by atoms with Crippen LogP contribution in [0.5, 0.6) is 0 Å². The summed E-state index contributed by atoms with van der Waals surface area (Å²) in [5.41, 5.74) is 7.25. The minimum absolute atomic E-state index is 0.0728. The Morgan fingerprint density at radius 1 is 0.727 bits per heavy atom. The predicted octanol–water partition coefficient (Wildman–Crippen LogP) is 10.8. The molecule has 0 spiro atoms. The summed E-state index contributed by atoms with van der Waals surface area (Å²) in [6.07, 6.45) is 2.17. The summed E-state index contributed by atoms with van der Waals surface area (Å²) in [5.74, 6) is -0.737. The Bertz CT molecular complexity index is 1540. The Labute approximate surface area is 266 Å². The molecule has 0 amide bonds. The molecule has 0 bridgehead atoms. The van der Waals surface area contributed by atoms with E-state index >= 15 is 0 Å². The van der Waals surface area contributed by atoms with Crippen molar-refractivity contribution < 1.29 is 14.4 Å². The summed E-state index contributed by atoms with van der Waals surface area (Å²) in [4.78, 5) is 33.2. The van der Waals surface area contributed by atoms with E-state index in [0.29, 0.717) is 11.3 Å². The summed E-state index contributed by atoms with van der Waals surface area (Å²) in [5, 5.41) is 3.86. The van der Waals surface area contributed by atoms with Crippen LogP contribution in [0.4, 0.5) is 17.1 Å². The van der Waals surface area contributed by atoms with Gasteiger partial charge >= 0.3 is 5.97 Å². The van der Waals surface area contributed by atoms with Crippen molar-refractivity contribution in [2.75, 3.05) is 4.90 Å². The molecule has 0 saturated heterocycles. The number of ketones is 1. The third kappa shape index (κ3) is 8.11. The fraction of sp³-hybridized carbons (Fsp3) is 0.342. The molecule has 4 rings (SSSR count). The average Bonchev–Trinajstić information content (AvgIpc) is 3.47. The highest BCUT2D eigenvalue weighted by Gasteiger charge is 2.20. The Morgan fingerprint density at radius 2 is 1.20 bits per heavy atom. The first-order valence-corrected chi connectivity index (χ1v) is 16.1. The minimum atomic E-state index is -0.539. The van der Waals surface area contributed by atoms with Crippen LogP contribution in [-0.4, -0.2) is 17.5 Å². The summed E-state index contributed by atoms with van der Waals surface area (Å²) in [7, 11) is 0. The van der Waals surface area contributed by atoms with Crippen LogP contribution in [0.1, 0.15) is 95.5 Å². The van der Waals surface area contributed by atoms with Crippen molar-refractivity contribution in [2.24, 2.45) is 5.16 Å². The molecule has 0 atom stereocenters. The number of hydrogen-bond acceptors (Lipinski definition) is 6. The van der Waals surface area contributed by atoms with Gasteiger partial charge in [0.1, 0.15) is 5.71 Å². The number of hydrogen-bond donors (Lipinski definition) is 0. The minimum Gasteiger partial charge on any atom is -0.318 e. The quantitative estimate of drug-likeness (QED) is 0.0778. The molecule has 4 aromatic rings. The maximum atomic E-state index is 13.2. The topological polar surface area (TPSA) is 59.0 Å². The van der Waals surface area contributed by atoms with Crippen molar-refractivity contribution in [1.82, 2.24) is 0 Å². The van der Waals surface area contributed by atoms with E-state index in [0.717, 1.165) is 40.3 Å². The third-order valence-electron chi connectivity index (χ3n) is 7.54. The number of carbonyl (C=O) groups excluding carboxylic acids is 2. The summed E-state index contributed by atoms with van der Waals surface area (Å²) < 4.78 is 0. The van der Waals surface area contributed by atoms with E-state index in [9.17, 15) is 9.59 Å². The molecule has 0 unspecified atom stereocenters. The molecule has 5 nitrogen and oxygen atoms in total. The molecule has 6 heteroatoms. The fourth-order valence-electron chi connectivity index (χ4n) is 4.86. The second-order valence-corrected chi connectivity index (χ2v) is 14.3. The summed E-state index contributed by atoms with van der Waals surface area (Å²) in [6, 6.07) is 29.8. The molecule has 0 aliphatic carbocycles. The van der Waals surface area contributed by atoms with Crippen molar-refractivity contribution >= 4 is 45.9 Å². The molecule has 1 heterocycles. The lowest BCUT2D eigenvalue weighted by Crippen LogP contribution is -2.14. The highest BCUT2D eigenvalue weighted by molar-refractivity contribution is 7.18. The van der Waals surface area contributed by atoms with Crippen LogP contribution < -0.4 is 4.90 Å². The highest BCUT2D eigenvalue weighted by atomic mass is 32.1. The van der Waals surface area contributed by atoms with Crippen molar-refractivity contribution in [3.05, 3.63) is 101 Å². The molecule has 0 N–H and O–H groups in total. The zero-order chi connectivity index (χ0) is 32.1. The highest BCUT2D eigenvalue weighted by Crippen LogP contribution is 2.38. The molecule has 1 aromatic heterocycles. The van der Waals surface area contributed by atoms with Gasteiger partial charge < -0.3 is 9.74 Å². The van der Waals surface area contributed by atoms with Crippen molar-refractivity contribution in [2.45, 2.75) is 85.5 Å². The zero-order valence-electron chi connectivity index (χ0n) is 27.2. The number of benzene rings is 3. The molecular weight excluding hydrogens is 564 g/mol. The zero-order valence-corrected chi connectivity index (χ0v) is 28.0. The van der Waals surface area contributed by atoms with E-state index in [-0.39, 0.29) is 22.3 Å². The van der Waals surface area contributed by atoms with E-state index in [1.165, 1.54) is 29.4 Å². The number of anilines is 3. The van der Waals surface area contributed by atoms with Gasteiger partial charge in [-0.2, -0.15) is 0 Å². The van der Waals surface area contributed by atoms with Crippen LogP contribution in [-0.2, 0) is 20.5 Å². The number of thiophene rings is 1. The third-order valence-corrected chi connectivity index (χ3v) is 8.67. The van der Waals surface area contributed by atoms with Gasteiger partial charge in [0.25, 0.3) is 0 Å². The maximum absolute atomic E-state index is 13.2. The van der Waals surface area contributed by atoms with Gasteiger partial charge in [0, 0.05) is 28.9 Å². The van der Waals surface area contributed by atoms with Crippen LogP contribution in [0.2, 0.25) is 0 Å². The Hall–Kier alpha value is -4.03. The Balaban J connectivity index is 1.66. The van der Waals surface area contributed by atoms with Crippen molar-refractivity contribution in [3.63, 3.8) is 0 Å². The number of rotatable bonds is 10. The van der Waals surface area contributed by atoms with E-state index in [1.807, 2.05) is 19.1 Å². The van der Waals surface area contributed by atoms with Gasteiger partial charge in [0.2, 0.25) is 5.78 Å². The number of nitrogens with zero attached hydrogens (tertiary/aromatic N) is 2. The smallest absolute Gasteiger partial charge is 0.318 e. The van der Waals surface area contributed by atoms with Gasteiger partial charge in [-0.1, -0.05) is 96.4 Å². The predicted molar refractivity (Wildman–Crippen MR) is 185 cm³/mol. The molecule has 0 saturated carbocycles. The lowest BCUT2D eigenvalue weighted by atomic mass is 9.86. The van der Waals surface area contributed by atoms with Gasteiger partial charge in [-0.15, -0.1) is 11.3 Å². The lowest BCUT2D eigenvalue weighted by molar-refractivity contribution is -0.140. The molecule has 3 aromatic carbocycles. The SMILES string of the molecule is CCCC/C(=N\OC(C)=O)C(=O)c1ccc(-c2ccc(N(c3ccc(C(C)(C)C)cc3)c3ccc(C(C)(C)C)cc3)cc2)s1. The Kier molecular flexibility index (Phi) is 10.3. The van der Waals surface area contributed by atoms with Crippen LogP contribution in [0.15, 0.2) is 90.1 Å². The molecule has 0 aliphatic heterocycles. The van der Waals surface area contributed by atoms with E-state index < -0.39 is 5.97 Å². The number of Topliss-reactive ketones (excluding diaryl/α,β-unsaturated/α-hetero) is 1. The maximum Gasteiger partial charge on any atom is 0.331 e.